The average Bonchev–Trinajstić information content (AvgIpc) is 2.34. The molecule has 0 aliphatic carbocycles. The van der Waals surface area contributed by atoms with Crippen LogP contribution in [0.4, 0.5) is 0 Å². The second-order valence-electron chi connectivity index (χ2n) is 5.16. The third kappa shape index (κ3) is 5.21. The summed E-state index contributed by atoms with van der Waals surface area (Å²) in [5, 5.41) is 0. The van der Waals surface area contributed by atoms with Gasteiger partial charge in [0.1, 0.15) is 11.5 Å². The summed E-state index contributed by atoms with van der Waals surface area (Å²) in [6.45, 7) is 8.18. The zero-order valence-electron chi connectivity index (χ0n) is 12.9. The van der Waals surface area contributed by atoms with Crippen molar-refractivity contribution < 1.29 is 19.0 Å². The fourth-order valence-corrected chi connectivity index (χ4v) is 1.76. The van der Waals surface area contributed by atoms with E-state index in [1.165, 1.54) is 0 Å². The lowest BCUT2D eigenvalue weighted by Crippen LogP contribution is -2.12. The van der Waals surface area contributed by atoms with Crippen LogP contribution < -0.4 is 9.47 Å². The molecule has 1 aromatic carbocycles. The van der Waals surface area contributed by atoms with Crippen LogP contribution in [0.15, 0.2) is 18.2 Å². The summed E-state index contributed by atoms with van der Waals surface area (Å²) < 4.78 is 16.3. The summed E-state index contributed by atoms with van der Waals surface area (Å²) in [5.74, 6) is 1.29. The normalized spacial score (nSPS) is 10.9. The first-order valence-corrected chi connectivity index (χ1v) is 6.93. The van der Waals surface area contributed by atoms with Gasteiger partial charge in [-0.25, -0.2) is 0 Å². The van der Waals surface area contributed by atoms with Gasteiger partial charge in [0.2, 0.25) is 0 Å². The molecule has 20 heavy (non-hydrogen) atoms. The number of ketones is 1. The van der Waals surface area contributed by atoms with Gasteiger partial charge in [-0.3, -0.25) is 4.79 Å². The van der Waals surface area contributed by atoms with Crippen molar-refractivity contribution in [1.82, 2.24) is 0 Å². The van der Waals surface area contributed by atoms with Crippen LogP contribution in [-0.2, 0) is 4.74 Å². The van der Waals surface area contributed by atoms with Gasteiger partial charge in [-0.05, 0) is 39.8 Å². The van der Waals surface area contributed by atoms with Crippen molar-refractivity contribution in [2.45, 2.75) is 46.3 Å². The van der Waals surface area contributed by atoms with Crippen molar-refractivity contribution in [2.24, 2.45) is 0 Å². The zero-order valence-corrected chi connectivity index (χ0v) is 12.9. The van der Waals surface area contributed by atoms with E-state index in [4.69, 9.17) is 14.2 Å². The molecule has 0 spiro atoms. The highest BCUT2D eigenvalue weighted by Crippen LogP contribution is 2.27. The molecule has 0 fully saturated rings. The van der Waals surface area contributed by atoms with Crippen LogP contribution in [0.25, 0.3) is 0 Å². The second kappa shape index (κ2) is 7.90. The fraction of sp³-hybridized carbons (Fsp3) is 0.562. The second-order valence-corrected chi connectivity index (χ2v) is 5.16. The first-order chi connectivity index (χ1) is 9.43. The van der Waals surface area contributed by atoms with E-state index < -0.39 is 0 Å². The molecule has 0 aliphatic rings. The predicted molar refractivity (Wildman–Crippen MR) is 78.8 cm³/mol. The molecule has 0 radical (unpaired) electrons. The number of hydrogen-bond acceptors (Lipinski definition) is 4. The van der Waals surface area contributed by atoms with Crippen LogP contribution >= 0.6 is 0 Å². The largest absolute Gasteiger partial charge is 0.491 e. The SMILES string of the molecule is COCCC(=O)c1ccc(OC(C)C)cc1OC(C)C. The maximum absolute atomic E-state index is 12.1. The van der Waals surface area contributed by atoms with Crippen LogP contribution in [0.1, 0.15) is 44.5 Å². The number of carbonyl (C=O) groups is 1. The molecule has 0 unspecified atom stereocenters. The van der Waals surface area contributed by atoms with Crippen molar-refractivity contribution >= 4 is 5.78 Å². The Labute approximate surface area is 121 Å². The number of ether oxygens (including phenoxy) is 3. The van der Waals surface area contributed by atoms with Crippen molar-refractivity contribution in [3.63, 3.8) is 0 Å². The third-order valence-corrected chi connectivity index (χ3v) is 2.52. The number of carbonyl (C=O) groups excluding carboxylic acids is 1. The molecule has 1 aromatic rings. The molecule has 0 heterocycles. The van der Waals surface area contributed by atoms with Crippen molar-refractivity contribution in [2.75, 3.05) is 13.7 Å². The lowest BCUT2D eigenvalue weighted by atomic mass is 10.1. The van der Waals surface area contributed by atoms with Crippen molar-refractivity contribution in [3.05, 3.63) is 23.8 Å². The zero-order chi connectivity index (χ0) is 15.1. The minimum atomic E-state index is -0.00160. The van der Waals surface area contributed by atoms with Gasteiger partial charge in [-0.15, -0.1) is 0 Å². The lowest BCUT2D eigenvalue weighted by molar-refractivity contribution is 0.0926. The molecule has 4 nitrogen and oxygen atoms in total. The minimum Gasteiger partial charge on any atom is -0.491 e. The van der Waals surface area contributed by atoms with E-state index in [0.29, 0.717) is 30.1 Å². The molecule has 0 N–H and O–H groups in total. The predicted octanol–water partition coefficient (Wildman–Crippen LogP) is 3.48. The fourth-order valence-electron chi connectivity index (χ4n) is 1.76. The maximum Gasteiger partial charge on any atom is 0.168 e. The standard InChI is InChI=1S/C16H24O4/c1-11(2)19-13-6-7-14(15(17)8-9-18-5)16(10-13)20-12(3)4/h6-7,10-12H,8-9H2,1-5H3. The summed E-state index contributed by atoms with van der Waals surface area (Å²) in [4.78, 5) is 12.1. The van der Waals surface area contributed by atoms with Gasteiger partial charge >= 0.3 is 0 Å². The Balaban J connectivity index is 2.99. The van der Waals surface area contributed by atoms with E-state index in [-0.39, 0.29) is 18.0 Å². The highest BCUT2D eigenvalue weighted by Gasteiger charge is 2.15. The van der Waals surface area contributed by atoms with E-state index in [1.807, 2.05) is 27.7 Å². The van der Waals surface area contributed by atoms with E-state index in [2.05, 4.69) is 0 Å². The first-order valence-electron chi connectivity index (χ1n) is 6.93. The van der Waals surface area contributed by atoms with Gasteiger partial charge in [-0.1, -0.05) is 0 Å². The molecule has 1 rings (SSSR count). The van der Waals surface area contributed by atoms with E-state index in [9.17, 15) is 4.79 Å². The molecule has 0 saturated carbocycles. The Morgan fingerprint density at radius 1 is 1.10 bits per heavy atom. The topological polar surface area (TPSA) is 44.8 Å². The summed E-state index contributed by atoms with van der Waals surface area (Å²) in [5.41, 5.74) is 0.576. The Morgan fingerprint density at radius 2 is 1.75 bits per heavy atom. The molecular formula is C16H24O4. The summed E-state index contributed by atoms with van der Waals surface area (Å²) in [6, 6.07) is 5.33. The number of Topliss-reactive ketones (excluding diaryl/α,β-unsaturated/α-hetero) is 1. The van der Waals surface area contributed by atoms with Gasteiger partial charge in [0.25, 0.3) is 0 Å². The number of benzene rings is 1. The highest BCUT2D eigenvalue weighted by atomic mass is 16.5. The monoisotopic (exact) mass is 280 g/mol. The van der Waals surface area contributed by atoms with Crippen LogP contribution in [0.2, 0.25) is 0 Å². The van der Waals surface area contributed by atoms with Crippen LogP contribution in [0.5, 0.6) is 11.5 Å². The molecule has 112 valence electrons. The summed E-state index contributed by atoms with van der Waals surface area (Å²) in [7, 11) is 1.58. The average molecular weight is 280 g/mol. The molecule has 0 aliphatic heterocycles. The number of hydrogen-bond donors (Lipinski definition) is 0. The van der Waals surface area contributed by atoms with Crippen LogP contribution in [-0.4, -0.2) is 31.7 Å². The van der Waals surface area contributed by atoms with E-state index >= 15 is 0 Å². The van der Waals surface area contributed by atoms with Crippen molar-refractivity contribution in [3.8, 4) is 11.5 Å². The Bertz CT molecular complexity index is 438. The number of rotatable bonds is 8. The minimum absolute atomic E-state index is 0.00160. The van der Waals surface area contributed by atoms with E-state index in [0.717, 1.165) is 0 Å². The smallest absolute Gasteiger partial charge is 0.168 e. The lowest BCUT2D eigenvalue weighted by Gasteiger charge is -2.16. The molecule has 0 saturated heterocycles. The Morgan fingerprint density at radius 3 is 2.30 bits per heavy atom. The summed E-state index contributed by atoms with van der Waals surface area (Å²) >= 11 is 0. The molecule has 0 amide bonds. The van der Waals surface area contributed by atoms with Crippen LogP contribution in [0, 0.1) is 0 Å². The molecule has 0 aromatic heterocycles. The van der Waals surface area contributed by atoms with Crippen LogP contribution in [0.3, 0.4) is 0 Å². The molecule has 4 heteroatoms. The third-order valence-electron chi connectivity index (χ3n) is 2.52. The first kappa shape index (κ1) is 16.5. The van der Waals surface area contributed by atoms with Gasteiger partial charge in [0.05, 0.1) is 24.4 Å². The van der Waals surface area contributed by atoms with E-state index in [1.54, 1.807) is 25.3 Å². The molecule has 0 atom stereocenters. The van der Waals surface area contributed by atoms with Gasteiger partial charge in [0.15, 0.2) is 5.78 Å². The van der Waals surface area contributed by atoms with Gasteiger partial charge in [0, 0.05) is 19.6 Å². The molecular weight excluding hydrogens is 256 g/mol. The maximum atomic E-state index is 12.1. The molecule has 0 bridgehead atoms. The van der Waals surface area contributed by atoms with Gasteiger partial charge < -0.3 is 14.2 Å². The number of methoxy groups -OCH3 is 1. The quantitative estimate of drug-likeness (QED) is 0.684. The van der Waals surface area contributed by atoms with Crippen molar-refractivity contribution in [1.29, 1.82) is 0 Å². The van der Waals surface area contributed by atoms with Gasteiger partial charge in [-0.2, -0.15) is 0 Å². The Kier molecular flexibility index (Phi) is 6.52. The highest BCUT2D eigenvalue weighted by molar-refractivity contribution is 5.98. The summed E-state index contributed by atoms with van der Waals surface area (Å²) in [6.07, 6.45) is 0.422. The Hall–Kier alpha value is -1.55.